The molecule has 3 aromatic rings. The lowest BCUT2D eigenvalue weighted by Gasteiger charge is -2.08. The summed E-state index contributed by atoms with van der Waals surface area (Å²) in [5, 5.41) is 3.69. The van der Waals surface area contributed by atoms with Crippen LogP contribution in [0.3, 0.4) is 0 Å². The number of furan rings is 1. The molecule has 0 saturated heterocycles. The molecule has 1 N–H and O–H groups in total. The van der Waals surface area contributed by atoms with Crippen molar-refractivity contribution in [1.82, 2.24) is 5.32 Å². The van der Waals surface area contributed by atoms with Gasteiger partial charge in [0.1, 0.15) is 11.3 Å². The van der Waals surface area contributed by atoms with E-state index in [1.165, 1.54) is 0 Å². The highest BCUT2D eigenvalue weighted by atomic mass is 79.9. The highest BCUT2D eigenvalue weighted by molar-refractivity contribution is 9.10. The molecule has 128 valence electrons. The van der Waals surface area contributed by atoms with Crippen LogP contribution in [0.5, 0.6) is 17.2 Å². The quantitative estimate of drug-likeness (QED) is 0.715. The molecule has 6 nitrogen and oxygen atoms in total. The van der Waals surface area contributed by atoms with Gasteiger partial charge >= 0.3 is 0 Å². The molecule has 7 heteroatoms. The van der Waals surface area contributed by atoms with Gasteiger partial charge in [0.2, 0.25) is 6.79 Å². The van der Waals surface area contributed by atoms with Crippen molar-refractivity contribution in [2.24, 2.45) is 0 Å². The highest BCUT2D eigenvalue weighted by Crippen LogP contribution is 2.33. The highest BCUT2D eigenvalue weighted by Gasteiger charge is 2.16. The van der Waals surface area contributed by atoms with Crippen molar-refractivity contribution in [2.45, 2.75) is 6.54 Å². The van der Waals surface area contributed by atoms with Gasteiger partial charge in [-0.3, -0.25) is 4.79 Å². The monoisotopic (exact) mass is 403 g/mol. The van der Waals surface area contributed by atoms with Crippen molar-refractivity contribution in [2.75, 3.05) is 13.9 Å². The minimum Gasteiger partial charge on any atom is -0.496 e. The van der Waals surface area contributed by atoms with E-state index in [0.29, 0.717) is 39.6 Å². The first-order valence-corrected chi connectivity index (χ1v) is 8.37. The molecule has 1 amide bonds. The second kappa shape index (κ2) is 6.33. The van der Waals surface area contributed by atoms with Crippen molar-refractivity contribution >= 4 is 32.8 Å². The standard InChI is InChI=1S/C18H14BrNO5/c1-22-14-5-11(6-15-12(14)7-17(19)25-15)18(21)20-8-10-2-3-13-16(4-10)24-9-23-13/h2-7H,8-9H2,1H3,(H,20,21). The molecule has 1 aromatic heterocycles. The van der Waals surface area contributed by atoms with Gasteiger partial charge < -0.3 is 23.9 Å². The van der Waals surface area contributed by atoms with Crippen molar-refractivity contribution < 1.29 is 23.4 Å². The molecule has 2 heterocycles. The van der Waals surface area contributed by atoms with E-state index in [1.54, 1.807) is 19.2 Å². The zero-order valence-corrected chi connectivity index (χ0v) is 14.9. The first-order valence-electron chi connectivity index (χ1n) is 7.58. The summed E-state index contributed by atoms with van der Waals surface area (Å²) in [6, 6.07) is 10.8. The molecule has 0 atom stereocenters. The van der Waals surface area contributed by atoms with E-state index in [4.69, 9.17) is 18.6 Å². The molecule has 0 radical (unpaired) electrons. The Hall–Kier alpha value is -2.67. The SMILES string of the molecule is COc1cc(C(=O)NCc2ccc3c(c2)OCO3)cc2oc(Br)cc12. The van der Waals surface area contributed by atoms with Crippen molar-refractivity contribution in [3.63, 3.8) is 0 Å². The van der Waals surface area contributed by atoms with Gasteiger partial charge in [-0.2, -0.15) is 0 Å². The van der Waals surface area contributed by atoms with E-state index < -0.39 is 0 Å². The van der Waals surface area contributed by atoms with Crippen molar-refractivity contribution in [3.8, 4) is 17.2 Å². The van der Waals surface area contributed by atoms with Crippen LogP contribution in [-0.4, -0.2) is 19.8 Å². The van der Waals surface area contributed by atoms with Crippen LogP contribution in [0.1, 0.15) is 15.9 Å². The fourth-order valence-corrected chi connectivity index (χ4v) is 3.11. The molecule has 2 aromatic carbocycles. The lowest BCUT2D eigenvalue weighted by Crippen LogP contribution is -2.22. The lowest BCUT2D eigenvalue weighted by atomic mass is 10.1. The first kappa shape index (κ1) is 15.8. The summed E-state index contributed by atoms with van der Waals surface area (Å²) in [7, 11) is 1.56. The zero-order valence-electron chi connectivity index (χ0n) is 13.3. The maximum Gasteiger partial charge on any atom is 0.251 e. The number of hydrogen-bond donors (Lipinski definition) is 1. The number of rotatable bonds is 4. The van der Waals surface area contributed by atoms with Crippen LogP contribution in [0, 0.1) is 0 Å². The number of carbonyl (C=O) groups excluding carboxylic acids is 1. The number of methoxy groups -OCH3 is 1. The summed E-state index contributed by atoms with van der Waals surface area (Å²) >= 11 is 3.29. The Balaban J connectivity index is 1.53. The molecular formula is C18H14BrNO5. The second-order valence-corrected chi connectivity index (χ2v) is 6.29. The number of carbonyl (C=O) groups is 1. The average Bonchev–Trinajstić information content (AvgIpc) is 3.23. The van der Waals surface area contributed by atoms with Gasteiger partial charge in [-0.15, -0.1) is 0 Å². The summed E-state index contributed by atoms with van der Waals surface area (Å²) in [5.74, 6) is 1.77. The second-order valence-electron chi connectivity index (χ2n) is 5.51. The van der Waals surface area contributed by atoms with Gasteiger partial charge in [0.25, 0.3) is 5.91 Å². The number of halogens is 1. The Labute approximate surface area is 151 Å². The van der Waals surface area contributed by atoms with Gasteiger partial charge in [-0.1, -0.05) is 6.07 Å². The van der Waals surface area contributed by atoms with Gasteiger partial charge in [0, 0.05) is 18.2 Å². The Kier molecular flexibility index (Phi) is 4.01. The average molecular weight is 404 g/mol. The largest absolute Gasteiger partial charge is 0.496 e. The van der Waals surface area contributed by atoms with Gasteiger partial charge in [-0.05, 0) is 45.8 Å². The van der Waals surface area contributed by atoms with Crippen LogP contribution < -0.4 is 19.5 Å². The summed E-state index contributed by atoms with van der Waals surface area (Å²) in [5.41, 5.74) is 1.97. The maximum atomic E-state index is 12.5. The molecule has 1 aliphatic heterocycles. The number of ether oxygens (including phenoxy) is 3. The summed E-state index contributed by atoms with van der Waals surface area (Å²) in [4.78, 5) is 12.5. The lowest BCUT2D eigenvalue weighted by molar-refractivity contribution is 0.0950. The molecule has 4 rings (SSSR count). The van der Waals surface area contributed by atoms with E-state index in [2.05, 4.69) is 21.2 Å². The number of amides is 1. The first-order chi connectivity index (χ1) is 12.1. The van der Waals surface area contributed by atoms with E-state index >= 15 is 0 Å². The van der Waals surface area contributed by atoms with Crippen LogP contribution in [0.4, 0.5) is 0 Å². The molecule has 0 spiro atoms. The van der Waals surface area contributed by atoms with Crippen molar-refractivity contribution in [3.05, 3.63) is 52.2 Å². The fraction of sp³-hybridized carbons (Fsp3) is 0.167. The molecule has 1 aliphatic rings. The summed E-state index contributed by atoms with van der Waals surface area (Å²) < 4.78 is 22.1. The molecule has 0 bridgehead atoms. The van der Waals surface area contributed by atoms with Gasteiger partial charge in [-0.25, -0.2) is 0 Å². The van der Waals surface area contributed by atoms with Crippen LogP contribution in [0.15, 0.2) is 45.5 Å². The maximum absolute atomic E-state index is 12.5. The van der Waals surface area contributed by atoms with Gasteiger partial charge in [0.05, 0.1) is 12.5 Å². The minimum atomic E-state index is -0.217. The molecular weight excluding hydrogens is 390 g/mol. The molecule has 0 unspecified atom stereocenters. The number of benzene rings is 2. The van der Waals surface area contributed by atoms with Crippen LogP contribution in [0.25, 0.3) is 11.0 Å². The normalized spacial score (nSPS) is 12.4. The van der Waals surface area contributed by atoms with Crippen molar-refractivity contribution in [1.29, 1.82) is 0 Å². The molecule has 0 fully saturated rings. The predicted octanol–water partition coefficient (Wildman–Crippen LogP) is 3.86. The van der Waals surface area contributed by atoms with E-state index in [0.717, 1.165) is 10.9 Å². The number of hydrogen-bond acceptors (Lipinski definition) is 5. The van der Waals surface area contributed by atoms with E-state index in [-0.39, 0.29) is 12.7 Å². The Bertz CT molecular complexity index is 965. The molecule has 0 saturated carbocycles. The summed E-state index contributed by atoms with van der Waals surface area (Å²) in [6.45, 7) is 0.599. The Morgan fingerprint density at radius 3 is 2.88 bits per heavy atom. The minimum absolute atomic E-state index is 0.217. The van der Waals surface area contributed by atoms with E-state index in [1.807, 2.05) is 24.3 Å². The third-order valence-electron chi connectivity index (χ3n) is 3.94. The van der Waals surface area contributed by atoms with Crippen LogP contribution in [-0.2, 0) is 6.54 Å². The smallest absolute Gasteiger partial charge is 0.251 e. The van der Waals surface area contributed by atoms with E-state index in [9.17, 15) is 4.79 Å². The van der Waals surface area contributed by atoms with Crippen LogP contribution >= 0.6 is 15.9 Å². The number of fused-ring (bicyclic) bond motifs is 2. The number of nitrogens with one attached hydrogen (secondary N) is 1. The topological polar surface area (TPSA) is 69.9 Å². The summed E-state index contributed by atoms with van der Waals surface area (Å²) in [6.07, 6.45) is 0. The van der Waals surface area contributed by atoms with Crippen LogP contribution in [0.2, 0.25) is 0 Å². The Morgan fingerprint density at radius 1 is 1.20 bits per heavy atom. The fourth-order valence-electron chi connectivity index (χ4n) is 2.71. The Morgan fingerprint density at radius 2 is 2.04 bits per heavy atom. The van der Waals surface area contributed by atoms with Gasteiger partial charge in [0.15, 0.2) is 16.2 Å². The molecule has 25 heavy (non-hydrogen) atoms. The molecule has 0 aliphatic carbocycles. The zero-order chi connectivity index (χ0) is 17.4. The third kappa shape index (κ3) is 3.02. The predicted molar refractivity (Wildman–Crippen MR) is 94.2 cm³/mol. The third-order valence-corrected chi connectivity index (χ3v) is 4.33.